The number of carbonyl (C=O) groups is 2. The predicted octanol–water partition coefficient (Wildman–Crippen LogP) is 1.75. The molecule has 1 heterocycles. The highest BCUT2D eigenvalue weighted by Gasteiger charge is 2.18. The van der Waals surface area contributed by atoms with E-state index in [4.69, 9.17) is 10.5 Å². The molecule has 0 fully saturated rings. The topological polar surface area (TPSA) is 124 Å². The number of rotatable bonds is 7. The number of anilines is 2. The van der Waals surface area contributed by atoms with Crippen molar-refractivity contribution in [3.8, 4) is 5.75 Å². The molecule has 0 aliphatic rings. The van der Waals surface area contributed by atoms with E-state index in [1.165, 1.54) is 4.68 Å². The highest BCUT2D eigenvalue weighted by molar-refractivity contribution is 5.96. The lowest BCUT2D eigenvalue weighted by atomic mass is 10.1. The first-order valence-electron chi connectivity index (χ1n) is 8.93. The van der Waals surface area contributed by atoms with Crippen LogP contribution in [0.25, 0.3) is 0 Å². The van der Waals surface area contributed by atoms with E-state index < -0.39 is 5.91 Å². The van der Waals surface area contributed by atoms with Gasteiger partial charge in [-0.05, 0) is 36.8 Å². The number of aryl methyl sites for hydroxylation is 1. The Bertz CT molecular complexity index is 996. The average molecular weight is 394 g/mol. The Kier molecular flexibility index (Phi) is 6.08. The number of hydrogen-bond acceptors (Lipinski definition) is 6. The van der Waals surface area contributed by atoms with E-state index in [0.717, 1.165) is 11.1 Å². The van der Waals surface area contributed by atoms with Crippen LogP contribution in [0.15, 0.2) is 48.5 Å². The molecular formula is C20H22N6O3. The van der Waals surface area contributed by atoms with E-state index in [0.29, 0.717) is 18.0 Å². The number of carbonyl (C=O) groups excluding carboxylic acids is 2. The van der Waals surface area contributed by atoms with Crippen molar-refractivity contribution in [2.45, 2.75) is 20.0 Å². The van der Waals surface area contributed by atoms with Crippen molar-refractivity contribution >= 4 is 23.3 Å². The van der Waals surface area contributed by atoms with Gasteiger partial charge in [-0.1, -0.05) is 35.0 Å². The number of ether oxygens (including phenoxy) is 1. The Labute approximate surface area is 167 Å². The van der Waals surface area contributed by atoms with Crippen molar-refractivity contribution < 1.29 is 14.3 Å². The first-order chi connectivity index (χ1) is 14.0. The number of methoxy groups -OCH3 is 1. The summed E-state index contributed by atoms with van der Waals surface area (Å²) in [6, 6.07) is 14.7. The smallest absolute Gasteiger partial charge is 0.275 e. The maximum Gasteiger partial charge on any atom is 0.275 e. The number of nitrogens with zero attached hydrogens (tertiary/aromatic N) is 3. The standard InChI is InChI=1S/C20H22N6O3/c1-13-3-5-14(6-4-13)11-22-20(28)18-19(21)26(25-24-18)12-17(27)23-15-7-9-16(29-2)10-8-15/h3-10H,11-12,21H2,1-2H3,(H,22,28)(H,23,27). The molecule has 3 aromatic rings. The number of nitrogens with one attached hydrogen (secondary N) is 2. The van der Waals surface area contributed by atoms with Crippen molar-refractivity contribution in [1.82, 2.24) is 20.3 Å². The molecule has 2 aromatic carbocycles. The fraction of sp³-hybridized carbons (Fsp3) is 0.200. The van der Waals surface area contributed by atoms with E-state index in [-0.39, 0.29) is 24.0 Å². The molecule has 0 spiro atoms. The minimum atomic E-state index is -0.454. The summed E-state index contributed by atoms with van der Waals surface area (Å²) < 4.78 is 6.25. The summed E-state index contributed by atoms with van der Waals surface area (Å²) in [5, 5.41) is 13.1. The molecule has 0 saturated carbocycles. The van der Waals surface area contributed by atoms with Gasteiger partial charge in [-0.15, -0.1) is 5.10 Å². The maximum absolute atomic E-state index is 12.3. The van der Waals surface area contributed by atoms with Crippen LogP contribution in [-0.4, -0.2) is 33.9 Å². The van der Waals surface area contributed by atoms with Gasteiger partial charge >= 0.3 is 0 Å². The number of nitrogen functional groups attached to an aromatic ring is 1. The molecular weight excluding hydrogens is 372 g/mol. The van der Waals surface area contributed by atoms with Gasteiger partial charge in [0.05, 0.1) is 7.11 Å². The minimum Gasteiger partial charge on any atom is -0.497 e. The molecule has 0 aliphatic carbocycles. The minimum absolute atomic E-state index is 0.0191. The van der Waals surface area contributed by atoms with E-state index >= 15 is 0 Å². The Morgan fingerprint density at radius 2 is 1.79 bits per heavy atom. The molecule has 29 heavy (non-hydrogen) atoms. The number of aromatic nitrogens is 3. The SMILES string of the molecule is COc1ccc(NC(=O)Cn2nnc(C(=O)NCc3ccc(C)cc3)c2N)cc1. The van der Waals surface area contributed by atoms with Gasteiger partial charge in [-0.25, -0.2) is 4.68 Å². The van der Waals surface area contributed by atoms with Crippen LogP contribution in [0.1, 0.15) is 21.6 Å². The van der Waals surface area contributed by atoms with Gasteiger partial charge in [-0.3, -0.25) is 9.59 Å². The third-order valence-corrected chi connectivity index (χ3v) is 4.23. The van der Waals surface area contributed by atoms with Crippen molar-refractivity contribution in [3.63, 3.8) is 0 Å². The summed E-state index contributed by atoms with van der Waals surface area (Å²) in [5.74, 6) is -0.0932. The molecule has 4 N–H and O–H groups in total. The van der Waals surface area contributed by atoms with Crippen molar-refractivity contribution in [3.05, 3.63) is 65.4 Å². The Morgan fingerprint density at radius 1 is 1.10 bits per heavy atom. The molecule has 150 valence electrons. The average Bonchev–Trinajstić information content (AvgIpc) is 3.08. The van der Waals surface area contributed by atoms with Crippen LogP contribution < -0.4 is 21.1 Å². The van der Waals surface area contributed by atoms with Gasteiger partial charge in [-0.2, -0.15) is 0 Å². The lowest BCUT2D eigenvalue weighted by Gasteiger charge is -2.07. The number of nitrogens with two attached hydrogens (primary N) is 1. The molecule has 0 radical (unpaired) electrons. The van der Waals surface area contributed by atoms with E-state index in [1.807, 2.05) is 31.2 Å². The van der Waals surface area contributed by atoms with Crippen molar-refractivity contribution in [1.29, 1.82) is 0 Å². The molecule has 9 nitrogen and oxygen atoms in total. The second kappa shape index (κ2) is 8.87. The van der Waals surface area contributed by atoms with Gasteiger partial charge < -0.3 is 21.1 Å². The third kappa shape index (κ3) is 5.10. The largest absolute Gasteiger partial charge is 0.497 e. The van der Waals surface area contributed by atoms with Crippen molar-refractivity contribution in [2.24, 2.45) is 0 Å². The summed E-state index contributed by atoms with van der Waals surface area (Å²) in [6.07, 6.45) is 0. The Hall–Kier alpha value is -3.88. The normalized spacial score (nSPS) is 10.4. The highest BCUT2D eigenvalue weighted by Crippen LogP contribution is 2.15. The molecule has 1 aromatic heterocycles. The zero-order valence-corrected chi connectivity index (χ0v) is 16.2. The first-order valence-corrected chi connectivity index (χ1v) is 8.93. The summed E-state index contributed by atoms with van der Waals surface area (Å²) in [5.41, 5.74) is 8.63. The molecule has 0 unspecified atom stereocenters. The molecule has 9 heteroatoms. The maximum atomic E-state index is 12.3. The Morgan fingerprint density at radius 3 is 2.45 bits per heavy atom. The van der Waals surface area contributed by atoms with Gasteiger partial charge in [0.25, 0.3) is 5.91 Å². The van der Waals surface area contributed by atoms with Crippen LogP contribution in [0.3, 0.4) is 0 Å². The quantitative estimate of drug-likeness (QED) is 0.561. The van der Waals surface area contributed by atoms with Crippen LogP contribution in [0.5, 0.6) is 5.75 Å². The van der Waals surface area contributed by atoms with Gasteiger partial charge in [0.15, 0.2) is 11.5 Å². The van der Waals surface area contributed by atoms with Crippen LogP contribution in [0.4, 0.5) is 11.5 Å². The van der Waals surface area contributed by atoms with Gasteiger partial charge in [0.1, 0.15) is 12.3 Å². The number of hydrogen-bond donors (Lipinski definition) is 3. The van der Waals surface area contributed by atoms with Gasteiger partial charge in [0.2, 0.25) is 5.91 Å². The summed E-state index contributed by atoms with van der Waals surface area (Å²) >= 11 is 0. The van der Waals surface area contributed by atoms with E-state index in [2.05, 4.69) is 20.9 Å². The van der Waals surface area contributed by atoms with E-state index in [9.17, 15) is 9.59 Å². The second-order valence-electron chi connectivity index (χ2n) is 6.43. The molecule has 0 saturated heterocycles. The number of benzene rings is 2. The summed E-state index contributed by atoms with van der Waals surface area (Å²) in [6.45, 7) is 2.16. The summed E-state index contributed by atoms with van der Waals surface area (Å²) in [4.78, 5) is 24.6. The van der Waals surface area contributed by atoms with Crippen LogP contribution in [0, 0.1) is 6.92 Å². The predicted molar refractivity (Wildman–Crippen MR) is 108 cm³/mol. The Balaban J connectivity index is 1.58. The third-order valence-electron chi connectivity index (χ3n) is 4.23. The second-order valence-corrected chi connectivity index (χ2v) is 6.43. The molecule has 0 aliphatic heterocycles. The lowest BCUT2D eigenvalue weighted by molar-refractivity contribution is -0.116. The fourth-order valence-corrected chi connectivity index (χ4v) is 2.58. The molecule has 0 bridgehead atoms. The molecule has 0 atom stereocenters. The molecule has 2 amide bonds. The number of amides is 2. The molecule has 3 rings (SSSR count). The fourth-order valence-electron chi connectivity index (χ4n) is 2.58. The van der Waals surface area contributed by atoms with E-state index in [1.54, 1.807) is 31.4 Å². The zero-order chi connectivity index (χ0) is 20.8. The van der Waals surface area contributed by atoms with Crippen LogP contribution >= 0.6 is 0 Å². The monoisotopic (exact) mass is 394 g/mol. The highest BCUT2D eigenvalue weighted by atomic mass is 16.5. The van der Waals surface area contributed by atoms with Crippen LogP contribution in [0.2, 0.25) is 0 Å². The van der Waals surface area contributed by atoms with Gasteiger partial charge in [0, 0.05) is 12.2 Å². The first kappa shape index (κ1) is 19.9. The summed E-state index contributed by atoms with van der Waals surface area (Å²) in [7, 11) is 1.57. The lowest BCUT2D eigenvalue weighted by Crippen LogP contribution is -2.25. The van der Waals surface area contributed by atoms with Crippen LogP contribution in [-0.2, 0) is 17.9 Å². The zero-order valence-electron chi connectivity index (χ0n) is 16.2. The van der Waals surface area contributed by atoms with Crippen molar-refractivity contribution in [2.75, 3.05) is 18.2 Å².